The molecule has 4 N–H and O–H groups in total. The van der Waals surface area contributed by atoms with Gasteiger partial charge in [-0.2, -0.15) is 0 Å². The van der Waals surface area contributed by atoms with E-state index in [0.29, 0.717) is 11.5 Å². The van der Waals surface area contributed by atoms with Crippen LogP contribution in [0.25, 0.3) is 12.2 Å². The van der Waals surface area contributed by atoms with Crippen molar-refractivity contribution < 1.29 is 19.1 Å². The van der Waals surface area contributed by atoms with Crippen LogP contribution in [0, 0.1) is 17.8 Å². The number of nitrogens with zero attached hydrogens (tertiary/aromatic N) is 2. The van der Waals surface area contributed by atoms with Crippen molar-refractivity contribution in [2.45, 2.75) is 58.3 Å². The maximum atomic E-state index is 13.7. The second-order valence-corrected chi connectivity index (χ2v) is 12.3. The predicted molar refractivity (Wildman–Crippen MR) is 173 cm³/mol. The molecule has 1 aromatic heterocycles. The third kappa shape index (κ3) is 4.54. The molecule has 4 aliphatic rings. The molecule has 5 rings (SSSR count). The van der Waals surface area contributed by atoms with E-state index in [2.05, 4.69) is 20.9 Å². The number of rotatable bonds is 6. The minimum absolute atomic E-state index is 0.161. The van der Waals surface area contributed by atoms with Crippen LogP contribution in [-0.4, -0.2) is 73.3 Å². The number of methoxy groups -OCH3 is 2. The normalized spacial score (nSPS) is 32.5. The molecule has 1 aromatic rings. The molecule has 234 valence electrons. The van der Waals surface area contributed by atoms with Gasteiger partial charge in [-0.05, 0) is 81.4 Å². The Labute approximate surface area is 258 Å². The van der Waals surface area contributed by atoms with Gasteiger partial charge in [-0.15, -0.1) is 0 Å². The first-order valence-corrected chi connectivity index (χ1v) is 15.0. The second kappa shape index (κ2) is 11.2. The van der Waals surface area contributed by atoms with Crippen LogP contribution in [0.3, 0.4) is 0 Å². The molecule has 0 radical (unpaired) electrons. The molecule has 4 aliphatic heterocycles. The lowest BCUT2D eigenvalue weighted by Gasteiger charge is -2.49. The summed E-state index contributed by atoms with van der Waals surface area (Å²) in [4.78, 5) is 40.9. The fraction of sp³-hybridized carbons (Fsp3) is 0.471. The standard InChI is InChI=1S/C34H44N6O4/c1-18-27-16-25-12-11-23(37-25)15-24-13-14-26(38-24)17-32(6)29(43-9)20(3)34(40-32,44-10)22(5)33(39-27,21(4)31(42)36-8)28(18)19(2)30(41)35-7/h11-17,19,21-22,37,40H,1-10H3,(H,35,41)(H,36,42)/b23-15-,25-16?,26-17-. The molecule has 8 bridgehead atoms. The lowest BCUT2D eigenvalue weighted by Crippen LogP contribution is -2.64. The molecule has 2 amide bonds. The van der Waals surface area contributed by atoms with Gasteiger partial charge >= 0.3 is 0 Å². The van der Waals surface area contributed by atoms with E-state index >= 15 is 0 Å². The van der Waals surface area contributed by atoms with Crippen molar-refractivity contribution >= 4 is 35.4 Å². The lowest BCUT2D eigenvalue weighted by atomic mass is 9.63. The summed E-state index contributed by atoms with van der Waals surface area (Å²) in [6, 6.07) is 3.98. The number of hydrogen-bond donors (Lipinski definition) is 4. The number of hydrogen-bond acceptors (Lipinski definition) is 7. The van der Waals surface area contributed by atoms with Gasteiger partial charge < -0.3 is 25.1 Å². The Balaban J connectivity index is 1.92. The molecular weight excluding hydrogens is 556 g/mol. The summed E-state index contributed by atoms with van der Waals surface area (Å²) in [6.45, 7) is 11.8. The molecule has 0 spiro atoms. The van der Waals surface area contributed by atoms with Gasteiger partial charge in [-0.3, -0.25) is 19.9 Å². The number of amides is 2. The van der Waals surface area contributed by atoms with Crippen LogP contribution in [0.15, 0.2) is 68.5 Å². The molecule has 5 heterocycles. The van der Waals surface area contributed by atoms with Gasteiger partial charge in [-0.25, -0.2) is 4.99 Å². The van der Waals surface area contributed by atoms with Crippen LogP contribution >= 0.6 is 0 Å². The van der Waals surface area contributed by atoms with Gasteiger partial charge in [-0.1, -0.05) is 13.8 Å². The molecule has 44 heavy (non-hydrogen) atoms. The maximum Gasteiger partial charge on any atom is 0.226 e. The van der Waals surface area contributed by atoms with Crippen molar-refractivity contribution in [3.63, 3.8) is 0 Å². The molecular formula is C34H44N6O4. The number of carbonyl (C=O) groups excluding carboxylic acids is 2. The van der Waals surface area contributed by atoms with Crippen LogP contribution in [0.2, 0.25) is 0 Å². The average Bonchev–Trinajstić information content (AvgIpc) is 3.75. The highest BCUT2D eigenvalue weighted by Crippen LogP contribution is 2.55. The van der Waals surface area contributed by atoms with Crippen molar-refractivity contribution in [3.05, 3.63) is 69.2 Å². The van der Waals surface area contributed by atoms with Crippen LogP contribution < -0.4 is 26.6 Å². The zero-order chi connectivity index (χ0) is 32.2. The van der Waals surface area contributed by atoms with Crippen molar-refractivity contribution in [1.82, 2.24) is 20.9 Å². The van der Waals surface area contributed by atoms with E-state index in [-0.39, 0.29) is 11.8 Å². The number of fused-ring (bicyclic) bond motifs is 6. The van der Waals surface area contributed by atoms with E-state index in [1.54, 1.807) is 28.3 Å². The number of aromatic amines is 1. The fourth-order valence-corrected chi connectivity index (χ4v) is 7.83. The number of H-pyrrole nitrogens is 1. The van der Waals surface area contributed by atoms with Crippen LogP contribution in [0.1, 0.15) is 41.5 Å². The van der Waals surface area contributed by atoms with E-state index in [1.165, 1.54) is 0 Å². The Kier molecular flexibility index (Phi) is 7.97. The van der Waals surface area contributed by atoms with Crippen molar-refractivity contribution in [2.24, 2.45) is 27.7 Å². The van der Waals surface area contributed by atoms with Gasteiger partial charge in [0.1, 0.15) is 11.3 Å². The lowest BCUT2D eigenvalue weighted by molar-refractivity contribution is -0.131. The van der Waals surface area contributed by atoms with Gasteiger partial charge in [0.2, 0.25) is 11.8 Å². The number of carbonyl (C=O) groups is 2. The first-order chi connectivity index (χ1) is 20.8. The van der Waals surface area contributed by atoms with Crippen LogP contribution in [0.5, 0.6) is 0 Å². The summed E-state index contributed by atoms with van der Waals surface area (Å²) in [7, 11) is 6.55. The highest BCUT2D eigenvalue weighted by Gasteiger charge is 2.64. The monoisotopic (exact) mass is 600 g/mol. The zero-order valence-corrected chi connectivity index (χ0v) is 27.3. The molecule has 0 fully saturated rings. The highest BCUT2D eigenvalue weighted by atomic mass is 16.5. The van der Waals surface area contributed by atoms with Gasteiger partial charge in [0.15, 0.2) is 5.72 Å². The SMILES string of the molecule is CNC(=O)C(C)C1=C(C)C2=NC1(C(C)C(=O)NC)C(C)C1(OC)NC(C)(/C=C3/C=CC(=N3)/C=c3/ccc([nH]3)=C2)C(OC)=C1C. The molecule has 10 nitrogen and oxygen atoms in total. The number of allylic oxidation sites excluding steroid dienone is 3. The smallest absolute Gasteiger partial charge is 0.226 e. The number of nitrogens with one attached hydrogen (secondary N) is 4. The quantitative estimate of drug-likeness (QED) is 0.397. The Morgan fingerprint density at radius 3 is 2.30 bits per heavy atom. The molecule has 0 saturated heterocycles. The Morgan fingerprint density at radius 2 is 1.68 bits per heavy atom. The topological polar surface area (TPSA) is 129 Å². The molecule has 6 unspecified atom stereocenters. The second-order valence-electron chi connectivity index (χ2n) is 12.3. The van der Waals surface area contributed by atoms with Crippen LogP contribution in [-0.2, 0) is 19.1 Å². The molecule has 10 heteroatoms. The summed E-state index contributed by atoms with van der Waals surface area (Å²) in [6.07, 6.45) is 9.96. The first-order valence-electron chi connectivity index (χ1n) is 15.0. The van der Waals surface area contributed by atoms with Crippen molar-refractivity contribution in [2.75, 3.05) is 28.3 Å². The van der Waals surface area contributed by atoms with E-state index in [4.69, 9.17) is 19.5 Å². The fourth-order valence-electron chi connectivity index (χ4n) is 7.83. The van der Waals surface area contributed by atoms with Gasteiger partial charge in [0, 0.05) is 43.4 Å². The minimum Gasteiger partial charge on any atom is -0.499 e. The third-order valence-electron chi connectivity index (χ3n) is 9.95. The third-order valence-corrected chi connectivity index (χ3v) is 9.95. The van der Waals surface area contributed by atoms with Crippen molar-refractivity contribution in [1.29, 1.82) is 0 Å². The summed E-state index contributed by atoms with van der Waals surface area (Å²) >= 11 is 0. The highest BCUT2D eigenvalue weighted by molar-refractivity contribution is 6.23. The van der Waals surface area contributed by atoms with E-state index in [0.717, 1.165) is 38.8 Å². The molecule has 0 aliphatic carbocycles. The van der Waals surface area contributed by atoms with Gasteiger partial charge in [0.25, 0.3) is 0 Å². The molecule has 0 saturated carbocycles. The first kappa shape index (κ1) is 31.4. The number of aromatic nitrogens is 1. The summed E-state index contributed by atoms with van der Waals surface area (Å²) in [5, 5.41) is 11.2. The average molecular weight is 601 g/mol. The van der Waals surface area contributed by atoms with Gasteiger partial charge in [0.05, 0.1) is 41.6 Å². The van der Waals surface area contributed by atoms with Crippen molar-refractivity contribution in [3.8, 4) is 0 Å². The summed E-state index contributed by atoms with van der Waals surface area (Å²) in [5.74, 6) is -1.45. The largest absolute Gasteiger partial charge is 0.499 e. The Morgan fingerprint density at radius 1 is 1.02 bits per heavy atom. The minimum atomic E-state index is -1.19. The zero-order valence-electron chi connectivity index (χ0n) is 27.3. The van der Waals surface area contributed by atoms with E-state index < -0.39 is 34.6 Å². The maximum absolute atomic E-state index is 13.7. The van der Waals surface area contributed by atoms with Crippen LogP contribution in [0.4, 0.5) is 0 Å². The summed E-state index contributed by atoms with van der Waals surface area (Å²) < 4.78 is 12.6. The molecule has 6 atom stereocenters. The Bertz CT molecular complexity index is 1720. The van der Waals surface area contributed by atoms with E-state index in [1.807, 2.05) is 84.1 Å². The number of aliphatic imine (C=N–C) groups is 2. The summed E-state index contributed by atoms with van der Waals surface area (Å²) in [5.41, 5.74) is 1.58. The number of ether oxygens (including phenoxy) is 2. The predicted octanol–water partition coefficient (Wildman–Crippen LogP) is 2.02. The molecule has 0 aromatic carbocycles. The Hall–Kier alpha value is -4.02. The van der Waals surface area contributed by atoms with E-state index in [9.17, 15) is 9.59 Å².